The molecule has 0 fully saturated rings. The van der Waals surface area contributed by atoms with Crippen molar-refractivity contribution < 1.29 is 0 Å². The average Bonchev–Trinajstić information content (AvgIpc) is 3.40. The Bertz CT molecular complexity index is 3370. The molecule has 66 heavy (non-hydrogen) atoms. The molecule has 0 atom stereocenters. The van der Waals surface area contributed by atoms with Crippen molar-refractivity contribution in [3.05, 3.63) is 271 Å². The first-order chi connectivity index (χ1) is 32.7. The molecule has 0 bridgehead atoms. The van der Waals surface area contributed by atoms with Gasteiger partial charge in [0, 0.05) is 43.6 Å². The van der Waals surface area contributed by atoms with Crippen LogP contribution in [0.5, 0.6) is 0 Å². The largest absolute Gasteiger partial charge is 0.256 e. The predicted octanol–water partition coefficient (Wildman–Crippen LogP) is 15.9. The van der Waals surface area contributed by atoms with E-state index >= 15 is 0 Å². The number of benzene rings is 9. The second-order valence-corrected chi connectivity index (χ2v) is 17.8. The summed E-state index contributed by atoms with van der Waals surface area (Å²) in [6.45, 7) is 0. The Kier molecular flexibility index (Phi) is 10.0. The van der Waals surface area contributed by atoms with Crippen LogP contribution in [0.15, 0.2) is 259 Å². The summed E-state index contributed by atoms with van der Waals surface area (Å²) in [5.74, 6) is 0.677. The molecule has 2 aromatic heterocycles. The molecule has 9 aromatic carbocycles. The third kappa shape index (κ3) is 7.00. The molecule has 0 unspecified atom stereocenters. The molecule has 0 spiro atoms. The van der Waals surface area contributed by atoms with Gasteiger partial charge in [-0.15, -0.1) is 0 Å². The Hall–Kier alpha value is -8.18. The van der Waals surface area contributed by atoms with Crippen LogP contribution in [0.3, 0.4) is 0 Å². The second kappa shape index (κ2) is 16.7. The van der Waals surface area contributed by atoms with Crippen LogP contribution in [0.1, 0.15) is 22.3 Å². The summed E-state index contributed by atoms with van der Waals surface area (Å²) < 4.78 is 0. The first kappa shape index (κ1) is 39.4. The van der Waals surface area contributed by atoms with Crippen molar-refractivity contribution in [1.82, 2.24) is 15.0 Å². The molecule has 3 nitrogen and oxygen atoms in total. The quantitative estimate of drug-likeness (QED) is 0.153. The van der Waals surface area contributed by atoms with Crippen LogP contribution in [0, 0.1) is 0 Å². The zero-order valence-corrected chi connectivity index (χ0v) is 36.7. The SMILES string of the molecule is c1ccc(-c2ccc(-c3cc(-c4ccc(-c5ccccc5)cc4)nc(-c4ccc5c(c4)Sc4cc(-c6cccc7cccnc67)ccc4C5(c4ccccc4)c4ccccc4)n3)cc2)cc1. The van der Waals surface area contributed by atoms with Crippen molar-refractivity contribution in [3.8, 4) is 67.3 Å². The molecule has 1 aliphatic heterocycles. The molecule has 0 amide bonds. The van der Waals surface area contributed by atoms with E-state index in [9.17, 15) is 0 Å². The van der Waals surface area contributed by atoms with Gasteiger partial charge >= 0.3 is 0 Å². The van der Waals surface area contributed by atoms with Crippen LogP contribution in [-0.2, 0) is 5.41 Å². The molecular formula is C62H41N3S. The molecule has 4 heteroatoms. The zero-order chi connectivity index (χ0) is 43.9. The highest BCUT2D eigenvalue weighted by Gasteiger charge is 2.44. The monoisotopic (exact) mass is 859 g/mol. The fraction of sp³-hybridized carbons (Fsp3) is 0.0161. The lowest BCUT2D eigenvalue weighted by Gasteiger charge is -2.42. The van der Waals surface area contributed by atoms with Gasteiger partial charge in [0.2, 0.25) is 0 Å². The Morgan fingerprint density at radius 1 is 0.333 bits per heavy atom. The van der Waals surface area contributed by atoms with Gasteiger partial charge in [0.25, 0.3) is 0 Å². The minimum Gasteiger partial charge on any atom is -0.256 e. The van der Waals surface area contributed by atoms with Crippen LogP contribution in [0.25, 0.3) is 78.2 Å². The minimum absolute atomic E-state index is 0.596. The topological polar surface area (TPSA) is 38.7 Å². The minimum atomic E-state index is -0.596. The number of hydrogen-bond acceptors (Lipinski definition) is 4. The van der Waals surface area contributed by atoms with Crippen LogP contribution in [-0.4, -0.2) is 15.0 Å². The highest BCUT2D eigenvalue weighted by molar-refractivity contribution is 7.99. The molecule has 1 aliphatic rings. The Balaban J connectivity index is 1.04. The molecule has 0 aliphatic carbocycles. The molecular weight excluding hydrogens is 819 g/mol. The van der Waals surface area contributed by atoms with Gasteiger partial charge in [0.05, 0.1) is 22.3 Å². The fourth-order valence-corrected chi connectivity index (χ4v) is 11.0. The molecule has 3 heterocycles. The van der Waals surface area contributed by atoms with Gasteiger partial charge in [-0.25, -0.2) is 9.97 Å². The van der Waals surface area contributed by atoms with E-state index in [0.717, 1.165) is 66.1 Å². The van der Waals surface area contributed by atoms with Crippen LogP contribution < -0.4 is 0 Å². The zero-order valence-electron chi connectivity index (χ0n) is 35.9. The Morgan fingerprint density at radius 2 is 0.773 bits per heavy atom. The predicted molar refractivity (Wildman–Crippen MR) is 272 cm³/mol. The van der Waals surface area contributed by atoms with E-state index in [2.05, 4.69) is 237 Å². The van der Waals surface area contributed by atoms with Gasteiger partial charge in [0.15, 0.2) is 5.82 Å². The lowest BCUT2D eigenvalue weighted by Crippen LogP contribution is -2.34. The summed E-state index contributed by atoms with van der Waals surface area (Å²) in [5, 5.41) is 1.12. The molecule has 0 N–H and O–H groups in total. The van der Waals surface area contributed by atoms with E-state index in [0.29, 0.717) is 5.82 Å². The number of pyridine rings is 1. The standard InChI is InChI=1S/C62H41N3S/c1-5-15-42(16-6-1)44-26-30-46(31-27-44)56-41-57(47-32-28-45(29-33-47)43-17-7-2-8-18-43)65-61(64-56)50-35-37-55-59(40-50)66-58-39-49(53-25-13-19-48-20-14-38-63-60(48)53)34-36-54(58)62(55,51-21-9-3-10-22-51)52-23-11-4-12-24-52/h1-41H. The summed E-state index contributed by atoms with van der Waals surface area (Å²) in [6, 6.07) is 86.9. The lowest BCUT2D eigenvalue weighted by molar-refractivity contribution is 0.703. The number of hydrogen-bond donors (Lipinski definition) is 0. The van der Waals surface area contributed by atoms with Crippen LogP contribution >= 0.6 is 11.8 Å². The smallest absolute Gasteiger partial charge is 0.160 e. The summed E-state index contributed by atoms with van der Waals surface area (Å²) in [5.41, 5.74) is 17.0. The summed E-state index contributed by atoms with van der Waals surface area (Å²) >= 11 is 1.82. The summed E-state index contributed by atoms with van der Waals surface area (Å²) in [4.78, 5) is 17.9. The van der Waals surface area contributed by atoms with Gasteiger partial charge in [-0.05, 0) is 74.3 Å². The van der Waals surface area contributed by atoms with E-state index < -0.39 is 5.41 Å². The second-order valence-electron chi connectivity index (χ2n) is 16.7. The fourth-order valence-electron chi connectivity index (χ4n) is 9.71. The normalized spacial score (nSPS) is 12.6. The molecule has 0 saturated carbocycles. The number of aromatic nitrogens is 3. The van der Waals surface area contributed by atoms with E-state index in [1.54, 1.807) is 0 Å². The van der Waals surface area contributed by atoms with Gasteiger partial charge in [-0.1, -0.05) is 230 Å². The van der Waals surface area contributed by atoms with Crippen molar-refractivity contribution in [2.75, 3.05) is 0 Å². The van der Waals surface area contributed by atoms with Crippen molar-refractivity contribution >= 4 is 22.7 Å². The maximum Gasteiger partial charge on any atom is 0.160 e. The van der Waals surface area contributed by atoms with Crippen molar-refractivity contribution in [3.63, 3.8) is 0 Å². The molecule has 11 aromatic rings. The molecule has 0 radical (unpaired) electrons. The average molecular weight is 860 g/mol. The van der Waals surface area contributed by atoms with Crippen LogP contribution in [0.4, 0.5) is 0 Å². The molecule has 310 valence electrons. The van der Waals surface area contributed by atoms with E-state index in [1.807, 2.05) is 24.0 Å². The maximum absolute atomic E-state index is 5.37. The molecule has 12 rings (SSSR count). The van der Waals surface area contributed by atoms with Gasteiger partial charge in [-0.3, -0.25) is 4.98 Å². The molecule has 0 saturated heterocycles. The third-order valence-corrected chi connectivity index (χ3v) is 14.0. The van der Waals surface area contributed by atoms with Gasteiger partial charge in [-0.2, -0.15) is 0 Å². The maximum atomic E-state index is 5.37. The first-order valence-corrected chi connectivity index (χ1v) is 23.1. The number of para-hydroxylation sites is 1. The summed E-state index contributed by atoms with van der Waals surface area (Å²) in [7, 11) is 0. The van der Waals surface area contributed by atoms with E-state index in [1.165, 1.54) is 38.3 Å². The number of nitrogens with zero attached hydrogens (tertiary/aromatic N) is 3. The van der Waals surface area contributed by atoms with Crippen molar-refractivity contribution in [2.45, 2.75) is 15.2 Å². The Morgan fingerprint density at radius 3 is 1.32 bits per heavy atom. The third-order valence-electron chi connectivity index (χ3n) is 12.9. The van der Waals surface area contributed by atoms with Crippen LogP contribution in [0.2, 0.25) is 0 Å². The lowest BCUT2D eigenvalue weighted by atomic mass is 9.64. The number of fused-ring (bicyclic) bond motifs is 3. The van der Waals surface area contributed by atoms with Gasteiger partial charge in [0.1, 0.15) is 0 Å². The highest BCUT2D eigenvalue weighted by atomic mass is 32.2. The van der Waals surface area contributed by atoms with Crippen molar-refractivity contribution in [2.24, 2.45) is 0 Å². The number of rotatable bonds is 8. The van der Waals surface area contributed by atoms with E-state index in [-0.39, 0.29) is 0 Å². The van der Waals surface area contributed by atoms with Crippen molar-refractivity contribution in [1.29, 1.82) is 0 Å². The summed E-state index contributed by atoms with van der Waals surface area (Å²) in [6.07, 6.45) is 1.88. The Labute approximate surface area is 389 Å². The van der Waals surface area contributed by atoms with Gasteiger partial charge < -0.3 is 0 Å². The van der Waals surface area contributed by atoms with E-state index in [4.69, 9.17) is 15.0 Å². The first-order valence-electron chi connectivity index (χ1n) is 22.3. The highest BCUT2D eigenvalue weighted by Crippen LogP contribution is 2.57.